The first-order valence-electron chi connectivity index (χ1n) is 6.72. The van der Waals surface area contributed by atoms with Crippen molar-refractivity contribution in [2.45, 2.75) is 12.8 Å². The van der Waals surface area contributed by atoms with E-state index in [0.717, 1.165) is 26.2 Å². The van der Waals surface area contributed by atoms with Crippen LogP contribution in [0.25, 0.3) is 0 Å². The molecule has 5 heteroatoms. The summed E-state index contributed by atoms with van der Waals surface area (Å²) < 4.78 is 12.9. The number of benzene rings is 1. The first kappa shape index (κ1) is 14.0. The Bertz CT molecular complexity index is 419. The molecule has 0 aromatic heterocycles. The molecule has 19 heavy (non-hydrogen) atoms. The molecule has 1 aliphatic heterocycles. The van der Waals surface area contributed by atoms with Crippen LogP contribution in [0, 0.1) is 5.82 Å². The first-order valence-corrected chi connectivity index (χ1v) is 6.72. The summed E-state index contributed by atoms with van der Waals surface area (Å²) in [7, 11) is 0. The second kappa shape index (κ2) is 7.21. The number of halogens is 1. The smallest absolute Gasteiger partial charge is 0.238 e. The van der Waals surface area contributed by atoms with Crippen molar-refractivity contribution in [2.24, 2.45) is 0 Å². The number of amides is 1. The molecule has 1 saturated heterocycles. The molecular formula is C14H20FN3O. The second-order valence-corrected chi connectivity index (χ2v) is 4.78. The zero-order valence-electron chi connectivity index (χ0n) is 11.0. The number of hydrogen-bond acceptors (Lipinski definition) is 3. The van der Waals surface area contributed by atoms with E-state index in [1.54, 1.807) is 12.1 Å². The van der Waals surface area contributed by atoms with Crippen LogP contribution in [0.5, 0.6) is 0 Å². The van der Waals surface area contributed by atoms with Crippen molar-refractivity contribution >= 4 is 11.6 Å². The number of carbonyl (C=O) groups excluding carboxylic acids is 1. The number of carbonyl (C=O) groups is 1. The summed E-state index contributed by atoms with van der Waals surface area (Å²) in [5.41, 5.74) is 0.492. The maximum absolute atomic E-state index is 12.9. The third-order valence-electron chi connectivity index (χ3n) is 3.20. The van der Waals surface area contributed by atoms with E-state index in [1.807, 2.05) is 0 Å². The Morgan fingerprint density at radius 3 is 2.84 bits per heavy atom. The minimum Gasteiger partial charge on any atom is -0.325 e. The van der Waals surface area contributed by atoms with Gasteiger partial charge in [0, 0.05) is 18.8 Å². The van der Waals surface area contributed by atoms with Crippen LogP contribution in [0.1, 0.15) is 12.8 Å². The van der Waals surface area contributed by atoms with Gasteiger partial charge in [-0.25, -0.2) is 4.39 Å². The lowest BCUT2D eigenvalue weighted by Gasteiger charge is -2.14. The van der Waals surface area contributed by atoms with E-state index in [2.05, 4.69) is 15.5 Å². The van der Waals surface area contributed by atoms with Gasteiger partial charge in [0.05, 0.1) is 6.54 Å². The fourth-order valence-electron chi connectivity index (χ4n) is 2.22. The molecular weight excluding hydrogens is 245 g/mol. The van der Waals surface area contributed by atoms with E-state index in [4.69, 9.17) is 0 Å². The third-order valence-corrected chi connectivity index (χ3v) is 3.20. The van der Waals surface area contributed by atoms with Crippen molar-refractivity contribution in [3.63, 3.8) is 0 Å². The van der Waals surface area contributed by atoms with Gasteiger partial charge in [-0.2, -0.15) is 0 Å². The second-order valence-electron chi connectivity index (χ2n) is 4.78. The van der Waals surface area contributed by atoms with Crippen LogP contribution < -0.4 is 10.6 Å². The van der Waals surface area contributed by atoms with Crippen molar-refractivity contribution in [3.8, 4) is 0 Å². The van der Waals surface area contributed by atoms with Crippen LogP contribution in [-0.4, -0.2) is 43.5 Å². The quantitative estimate of drug-likeness (QED) is 0.765. The van der Waals surface area contributed by atoms with Gasteiger partial charge in [-0.3, -0.25) is 4.79 Å². The van der Waals surface area contributed by atoms with E-state index < -0.39 is 0 Å². The number of rotatable bonds is 6. The summed E-state index contributed by atoms with van der Waals surface area (Å²) in [6.07, 6.45) is 2.56. The molecule has 1 fully saturated rings. The Morgan fingerprint density at radius 2 is 2.11 bits per heavy atom. The summed E-state index contributed by atoms with van der Waals surface area (Å²) in [5.74, 6) is -0.494. The van der Waals surface area contributed by atoms with Gasteiger partial charge in [0.25, 0.3) is 0 Å². The summed E-state index contributed by atoms with van der Waals surface area (Å²) in [5, 5.41) is 5.76. The molecule has 1 heterocycles. The van der Waals surface area contributed by atoms with Gasteiger partial charge >= 0.3 is 0 Å². The molecule has 0 saturated carbocycles. The highest BCUT2D eigenvalue weighted by Crippen LogP contribution is 2.08. The molecule has 2 rings (SSSR count). The maximum Gasteiger partial charge on any atom is 0.238 e. The zero-order valence-corrected chi connectivity index (χ0v) is 11.0. The molecule has 2 N–H and O–H groups in total. The van der Waals surface area contributed by atoms with E-state index in [0.29, 0.717) is 5.69 Å². The molecule has 0 atom stereocenters. The lowest BCUT2D eigenvalue weighted by molar-refractivity contribution is -0.115. The van der Waals surface area contributed by atoms with Crippen molar-refractivity contribution < 1.29 is 9.18 Å². The highest BCUT2D eigenvalue weighted by Gasteiger charge is 2.10. The monoisotopic (exact) mass is 265 g/mol. The number of anilines is 1. The van der Waals surface area contributed by atoms with Gasteiger partial charge in [-0.05, 0) is 44.1 Å². The van der Waals surface area contributed by atoms with Gasteiger partial charge in [-0.1, -0.05) is 6.07 Å². The predicted molar refractivity (Wildman–Crippen MR) is 73.6 cm³/mol. The molecule has 1 aliphatic rings. The highest BCUT2D eigenvalue weighted by atomic mass is 19.1. The summed E-state index contributed by atoms with van der Waals surface area (Å²) in [6, 6.07) is 5.91. The summed E-state index contributed by atoms with van der Waals surface area (Å²) in [6.45, 7) is 4.36. The summed E-state index contributed by atoms with van der Waals surface area (Å²) in [4.78, 5) is 14.0. The number of likely N-dealkylation sites (tertiary alicyclic amines) is 1. The minimum absolute atomic E-state index is 0.146. The van der Waals surface area contributed by atoms with E-state index >= 15 is 0 Å². The Kier molecular flexibility index (Phi) is 5.30. The maximum atomic E-state index is 12.9. The molecule has 0 aliphatic carbocycles. The van der Waals surface area contributed by atoms with Crippen molar-refractivity contribution in [3.05, 3.63) is 30.1 Å². The van der Waals surface area contributed by atoms with Crippen LogP contribution in [0.2, 0.25) is 0 Å². The Balaban J connectivity index is 1.61. The predicted octanol–water partition coefficient (Wildman–Crippen LogP) is 1.45. The standard InChI is InChI=1S/C14H20FN3O/c15-12-4-3-5-13(10-12)17-14(19)11-16-6-9-18-7-1-2-8-18/h3-5,10,16H,1-2,6-9,11H2,(H,17,19). The first-order chi connectivity index (χ1) is 9.24. The number of nitrogens with one attached hydrogen (secondary N) is 2. The van der Waals surface area contributed by atoms with Crippen molar-refractivity contribution in [2.75, 3.05) is 38.0 Å². The van der Waals surface area contributed by atoms with Crippen LogP contribution in [0.15, 0.2) is 24.3 Å². The average Bonchev–Trinajstić information content (AvgIpc) is 2.88. The van der Waals surface area contributed by atoms with Gasteiger partial charge in [-0.15, -0.1) is 0 Å². The lowest BCUT2D eigenvalue weighted by atomic mass is 10.3. The van der Waals surface area contributed by atoms with Crippen molar-refractivity contribution in [1.82, 2.24) is 10.2 Å². The molecule has 0 spiro atoms. The largest absolute Gasteiger partial charge is 0.325 e. The molecule has 1 aromatic carbocycles. The van der Waals surface area contributed by atoms with Crippen LogP contribution in [0.3, 0.4) is 0 Å². The van der Waals surface area contributed by atoms with Gasteiger partial charge in [0.15, 0.2) is 0 Å². The minimum atomic E-state index is -0.347. The van der Waals surface area contributed by atoms with E-state index in [-0.39, 0.29) is 18.3 Å². The molecule has 104 valence electrons. The SMILES string of the molecule is O=C(CNCCN1CCCC1)Nc1cccc(F)c1. The van der Waals surface area contributed by atoms with E-state index in [9.17, 15) is 9.18 Å². The topological polar surface area (TPSA) is 44.4 Å². The Hall–Kier alpha value is -1.46. The number of hydrogen-bond donors (Lipinski definition) is 2. The van der Waals surface area contributed by atoms with Crippen LogP contribution >= 0.6 is 0 Å². The molecule has 0 unspecified atom stereocenters. The normalized spacial score (nSPS) is 15.6. The fraction of sp³-hybridized carbons (Fsp3) is 0.500. The van der Waals surface area contributed by atoms with Gasteiger partial charge in [0.1, 0.15) is 5.82 Å². The average molecular weight is 265 g/mol. The molecule has 4 nitrogen and oxygen atoms in total. The molecule has 0 radical (unpaired) electrons. The highest BCUT2D eigenvalue weighted by molar-refractivity contribution is 5.92. The molecule has 1 aromatic rings. The van der Waals surface area contributed by atoms with Gasteiger partial charge in [0.2, 0.25) is 5.91 Å². The van der Waals surface area contributed by atoms with E-state index in [1.165, 1.54) is 25.0 Å². The summed E-state index contributed by atoms with van der Waals surface area (Å²) >= 11 is 0. The third kappa shape index (κ3) is 4.96. The molecule has 0 bridgehead atoms. The Morgan fingerprint density at radius 1 is 1.32 bits per heavy atom. The van der Waals surface area contributed by atoms with Gasteiger partial charge < -0.3 is 15.5 Å². The van der Waals surface area contributed by atoms with Crippen LogP contribution in [-0.2, 0) is 4.79 Å². The number of nitrogens with zero attached hydrogens (tertiary/aromatic N) is 1. The zero-order chi connectivity index (χ0) is 13.5. The van der Waals surface area contributed by atoms with Crippen molar-refractivity contribution in [1.29, 1.82) is 0 Å². The Labute approximate surface area is 113 Å². The lowest BCUT2D eigenvalue weighted by Crippen LogP contribution is -2.34. The molecule has 1 amide bonds. The fourth-order valence-corrected chi connectivity index (χ4v) is 2.22. The van der Waals surface area contributed by atoms with Crippen LogP contribution in [0.4, 0.5) is 10.1 Å².